The molecule has 3 rings (SSSR count). The molecule has 0 aromatic carbocycles. The summed E-state index contributed by atoms with van der Waals surface area (Å²) in [5.41, 5.74) is 1.33. The fraction of sp³-hybridized carbons (Fsp3) is 0.385. The van der Waals surface area contributed by atoms with Crippen molar-refractivity contribution in [2.75, 3.05) is 31.2 Å². The molecule has 1 aromatic rings. The maximum atomic E-state index is 9.46. The number of ether oxygens (including phenoxy) is 1. The lowest BCUT2D eigenvalue weighted by Gasteiger charge is -2.26. The molecule has 9 heteroatoms. The third-order valence-corrected chi connectivity index (χ3v) is 4.30. The van der Waals surface area contributed by atoms with E-state index in [9.17, 15) is 5.26 Å². The Bertz CT molecular complexity index is 692. The van der Waals surface area contributed by atoms with Crippen LogP contribution in [0.4, 0.5) is 5.95 Å². The number of hydrogen-bond acceptors (Lipinski definition) is 8. The van der Waals surface area contributed by atoms with Gasteiger partial charge >= 0.3 is 0 Å². The van der Waals surface area contributed by atoms with Gasteiger partial charge in [-0.05, 0) is 23.9 Å². The monoisotopic (exact) mass is 336 g/mol. The van der Waals surface area contributed by atoms with E-state index in [0.717, 1.165) is 5.70 Å². The SMILES string of the molecule is CC1=CSC(=C(C#N)c2nc(Cl)nc(N3CCOCC3)n2)N1. The predicted molar refractivity (Wildman–Crippen MR) is 84.9 cm³/mol. The molecule has 1 fully saturated rings. The highest BCUT2D eigenvalue weighted by atomic mass is 35.5. The molecular weight excluding hydrogens is 324 g/mol. The number of anilines is 1. The van der Waals surface area contributed by atoms with E-state index in [1.54, 1.807) is 0 Å². The van der Waals surface area contributed by atoms with Crippen LogP contribution in [0.15, 0.2) is 16.1 Å². The molecule has 2 aliphatic heterocycles. The Morgan fingerprint density at radius 3 is 2.82 bits per heavy atom. The summed E-state index contributed by atoms with van der Waals surface area (Å²) >= 11 is 7.45. The topological polar surface area (TPSA) is 87.0 Å². The maximum absolute atomic E-state index is 9.46. The van der Waals surface area contributed by atoms with E-state index in [1.165, 1.54) is 11.8 Å². The third kappa shape index (κ3) is 3.16. The summed E-state index contributed by atoms with van der Waals surface area (Å²) in [6.07, 6.45) is 0. The smallest absolute Gasteiger partial charge is 0.230 e. The Balaban J connectivity index is 1.97. The summed E-state index contributed by atoms with van der Waals surface area (Å²) in [5, 5.41) is 15.3. The zero-order valence-electron chi connectivity index (χ0n) is 11.8. The second-order valence-electron chi connectivity index (χ2n) is 4.69. The van der Waals surface area contributed by atoms with Gasteiger partial charge in [0.25, 0.3) is 0 Å². The van der Waals surface area contributed by atoms with Gasteiger partial charge < -0.3 is 15.0 Å². The fourth-order valence-electron chi connectivity index (χ4n) is 2.07. The number of aromatic nitrogens is 3. The van der Waals surface area contributed by atoms with E-state index < -0.39 is 0 Å². The zero-order valence-corrected chi connectivity index (χ0v) is 13.4. The summed E-state index contributed by atoms with van der Waals surface area (Å²) in [4.78, 5) is 14.6. The van der Waals surface area contributed by atoms with Crippen LogP contribution in [0.5, 0.6) is 0 Å². The van der Waals surface area contributed by atoms with Crippen LogP contribution in [0.25, 0.3) is 5.57 Å². The quantitative estimate of drug-likeness (QED) is 0.817. The summed E-state index contributed by atoms with van der Waals surface area (Å²) in [7, 11) is 0. The minimum Gasteiger partial charge on any atom is -0.378 e. The Morgan fingerprint density at radius 1 is 1.41 bits per heavy atom. The molecule has 0 spiro atoms. The first-order chi connectivity index (χ1) is 10.7. The van der Waals surface area contributed by atoms with Crippen molar-refractivity contribution < 1.29 is 4.74 Å². The predicted octanol–water partition coefficient (Wildman–Crippen LogP) is 1.75. The molecule has 1 saturated heterocycles. The standard InChI is InChI=1S/C13H13ClN6OS/c1-8-7-22-11(16-8)9(6-15)10-17-12(14)19-13(18-10)20-2-4-21-5-3-20/h7,16H,2-5H2,1H3. The van der Waals surface area contributed by atoms with Gasteiger partial charge in [0.15, 0.2) is 5.82 Å². The van der Waals surface area contributed by atoms with Crippen molar-refractivity contribution in [1.82, 2.24) is 20.3 Å². The van der Waals surface area contributed by atoms with Crippen LogP contribution in [-0.2, 0) is 4.74 Å². The van der Waals surface area contributed by atoms with Gasteiger partial charge in [-0.2, -0.15) is 20.2 Å². The summed E-state index contributed by atoms with van der Waals surface area (Å²) in [6.45, 7) is 4.53. The first-order valence-electron chi connectivity index (χ1n) is 6.67. The molecule has 2 aliphatic rings. The minimum atomic E-state index is 0.0764. The summed E-state index contributed by atoms with van der Waals surface area (Å²) in [5.74, 6) is 0.751. The van der Waals surface area contributed by atoms with Crippen LogP contribution in [0.1, 0.15) is 12.7 Å². The summed E-state index contributed by atoms with van der Waals surface area (Å²) < 4.78 is 5.32. The number of halogens is 1. The number of nitriles is 1. The van der Waals surface area contributed by atoms with Crippen LogP contribution >= 0.6 is 23.4 Å². The number of allylic oxidation sites excluding steroid dienone is 2. The van der Waals surface area contributed by atoms with E-state index in [-0.39, 0.29) is 11.1 Å². The van der Waals surface area contributed by atoms with Crippen molar-refractivity contribution in [3.05, 3.63) is 27.2 Å². The van der Waals surface area contributed by atoms with E-state index in [1.807, 2.05) is 17.2 Å². The number of hydrogen-bond donors (Lipinski definition) is 1. The Kier molecular flexibility index (Phi) is 4.47. The van der Waals surface area contributed by atoms with E-state index in [4.69, 9.17) is 16.3 Å². The molecule has 0 aliphatic carbocycles. The van der Waals surface area contributed by atoms with Gasteiger partial charge in [0, 0.05) is 18.8 Å². The Morgan fingerprint density at radius 2 is 2.18 bits per heavy atom. The average Bonchev–Trinajstić information content (AvgIpc) is 2.95. The highest BCUT2D eigenvalue weighted by Crippen LogP contribution is 2.30. The number of nitrogens with zero attached hydrogens (tertiary/aromatic N) is 5. The number of rotatable bonds is 2. The van der Waals surface area contributed by atoms with Gasteiger partial charge in [0.1, 0.15) is 11.6 Å². The van der Waals surface area contributed by atoms with E-state index in [0.29, 0.717) is 42.9 Å². The first-order valence-corrected chi connectivity index (χ1v) is 7.92. The van der Waals surface area contributed by atoms with Crippen molar-refractivity contribution in [2.45, 2.75) is 6.92 Å². The van der Waals surface area contributed by atoms with Gasteiger partial charge in [-0.25, -0.2) is 0 Å². The third-order valence-electron chi connectivity index (χ3n) is 3.12. The molecule has 3 heterocycles. The van der Waals surface area contributed by atoms with E-state index in [2.05, 4.69) is 26.3 Å². The number of nitrogens with one attached hydrogen (secondary N) is 1. The molecule has 1 aromatic heterocycles. The molecule has 0 atom stereocenters. The van der Waals surface area contributed by atoms with Crippen LogP contribution in [0.3, 0.4) is 0 Å². The van der Waals surface area contributed by atoms with Crippen molar-refractivity contribution in [3.8, 4) is 6.07 Å². The lowest BCUT2D eigenvalue weighted by Crippen LogP contribution is -2.37. The lowest BCUT2D eigenvalue weighted by atomic mass is 10.3. The van der Waals surface area contributed by atoms with Gasteiger partial charge in [0.2, 0.25) is 11.2 Å². The molecule has 114 valence electrons. The number of morpholine rings is 1. The highest BCUT2D eigenvalue weighted by Gasteiger charge is 2.21. The maximum Gasteiger partial charge on any atom is 0.230 e. The van der Waals surface area contributed by atoms with Crippen molar-refractivity contribution in [2.24, 2.45) is 0 Å². The van der Waals surface area contributed by atoms with Crippen molar-refractivity contribution in [1.29, 1.82) is 5.26 Å². The van der Waals surface area contributed by atoms with Crippen LogP contribution in [0, 0.1) is 11.3 Å². The second kappa shape index (κ2) is 6.52. The van der Waals surface area contributed by atoms with Gasteiger partial charge in [0.05, 0.1) is 18.2 Å². The molecular formula is C13H13ClN6OS. The molecule has 0 radical (unpaired) electrons. The lowest BCUT2D eigenvalue weighted by molar-refractivity contribution is 0.122. The Labute approximate surface area is 137 Å². The Hall–Kier alpha value is -1.82. The molecule has 0 saturated carbocycles. The molecule has 1 N–H and O–H groups in total. The fourth-order valence-corrected chi connectivity index (χ4v) is 3.05. The van der Waals surface area contributed by atoms with Crippen LogP contribution < -0.4 is 10.2 Å². The molecule has 0 bridgehead atoms. The first kappa shape index (κ1) is 15.1. The van der Waals surface area contributed by atoms with Gasteiger partial charge in [-0.3, -0.25) is 0 Å². The zero-order chi connectivity index (χ0) is 15.5. The largest absolute Gasteiger partial charge is 0.378 e. The normalized spacial score (nSPS) is 20.2. The number of thioether (sulfide) groups is 1. The minimum absolute atomic E-state index is 0.0764. The van der Waals surface area contributed by atoms with Crippen LogP contribution in [-0.4, -0.2) is 41.3 Å². The highest BCUT2D eigenvalue weighted by molar-refractivity contribution is 8.06. The van der Waals surface area contributed by atoms with Crippen molar-refractivity contribution >= 4 is 34.9 Å². The second-order valence-corrected chi connectivity index (χ2v) is 5.90. The average molecular weight is 337 g/mol. The van der Waals surface area contributed by atoms with Gasteiger partial charge in [-0.15, -0.1) is 0 Å². The van der Waals surface area contributed by atoms with E-state index >= 15 is 0 Å². The molecule has 0 unspecified atom stereocenters. The molecule has 0 amide bonds. The van der Waals surface area contributed by atoms with Crippen molar-refractivity contribution in [3.63, 3.8) is 0 Å². The summed E-state index contributed by atoms with van der Waals surface area (Å²) in [6, 6.07) is 2.15. The van der Waals surface area contributed by atoms with Crippen LogP contribution in [0.2, 0.25) is 5.28 Å². The molecule has 7 nitrogen and oxygen atoms in total. The van der Waals surface area contributed by atoms with Gasteiger partial charge in [-0.1, -0.05) is 11.8 Å². The molecule has 22 heavy (non-hydrogen) atoms.